The minimum Gasteiger partial charge on any atom is -0.388 e. The SMILES string of the molecule is Cc1ccc(C(O)Cc2cncs2)cc1Br. The molecule has 0 aliphatic heterocycles. The second-order valence-corrected chi connectivity index (χ2v) is 5.52. The zero-order valence-corrected chi connectivity index (χ0v) is 11.3. The number of rotatable bonds is 3. The van der Waals surface area contributed by atoms with E-state index in [2.05, 4.69) is 20.9 Å². The minimum absolute atomic E-state index is 0.461. The van der Waals surface area contributed by atoms with Crippen molar-refractivity contribution in [2.24, 2.45) is 0 Å². The molecular weight excluding hydrogens is 286 g/mol. The number of hydrogen-bond donors (Lipinski definition) is 1. The van der Waals surface area contributed by atoms with E-state index in [1.807, 2.05) is 25.1 Å². The van der Waals surface area contributed by atoms with Gasteiger partial charge in [-0.2, -0.15) is 0 Å². The van der Waals surface area contributed by atoms with Gasteiger partial charge in [0.2, 0.25) is 0 Å². The Kier molecular flexibility index (Phi) is 3.74. The van der Waals surface area contributed by atoms with Crippen LogP contribution in [0.3, 0.4) is 0 Å². The molecule has 1 heterocycles. The van der Waals surface area contributed by atoms with Gasteiger partial charge < -0.3 is 5.11 Å². The first-order chi connectivity index (χ1) is 7.66. The van der Waals surface area contributed by atoms with Gasteiger partial charge in [-0.3, -0.25) is 4.98 Å². The Bertz CT molecular complexity index is 470. The summed E-state index contributed by atoms with van der Waals surface area (Å²) < 4.78 is 1.04. The third-order valence-corrected chi connectivity index (χ3v) is 4.11. The number of aryl methyl sites for hydroxylation is 1. The molecular formula is C12H12BrNOS. The average Bonchev–Trinajstić information content (AvgIpc) is 2.74. The molecule has 0 aliphatic carbocycles. The van der Waals surface area contributed by atoms with Crippen LogP contribution >= 0.6 is 27.3 Å². The van der Waals surface area contributed by atoms with Gasteiger partial charge in [0.25, 0.3) is 0 Å². The fraction of sp³-hybridized carbons (Fsp3) is 0.250. The first kappa shape index (κ1) is 11.8. The Hall–Kier alpha value is -0.710. The highest BCUT2D eigenvalue weighted by Gasteiger charge is 2.10. The molecule has 4 heteroatoms. The van der Waals surface area contributed by atoms with Crippen LogP contribution in [0.1, 0.15) is 22.1 Å². The van der Waals surface area contributed by atoms with Crippen molar-refractivity contribution in [1.82, 2.24) is 4.98 Å². The second kappa shape index (κ2) is 5.08. The van der Waals surface area contributed by atoms with Gasteiger partial charge in [0.1, 0.15) is 0 Å². The van der Waals surface area contributed by atoms with E-state index in [0.717, 1.165) is 14.9 Å². The molecule has 16 heavy (non-hydrogen) atoms. The van der Waals surface area contributed by atoms with Gasteiger partial charge in [-0.25, -0.2) is 0 Å². The number of benzene rings is 1. The van der Waals surface area contributed by atoms with Gasteiger partial charge >= 0.3 is 0 Å². The van der Waals surface area contributed by atoms with Gasteiger partial charge in [0, 0.05) is 22.0 Å². The van der Waals surface area contributed by atoms with Crippen molar-refractivity contribution in [3.05, 3.63) is 50.4 Å². The van der Waals surface area contributed by atoms with Crippen LogP contribution < -0.4 is 0 Å². The van der Waals surface area contributed by atoms with Gasteiger partial charge in [0.15, 0.2) is 0 Å². The van der Waals surface area contributed by atoms with Gasteiger partial charge in [-0.1, -0.05) is 28.1 Å². The normalized spacial score (nSPS) is 12.7. The maximum atomic E-state index is 10.1. The Balaban J connectivity index is 2.14. The molecule has 1 N–H and O–H groups in total. The monoisotopic (exact) mass is 297 g/mol. The van der Waals surface area contributed by atoms with Crippen LogP contribution in [0.2, 0.25) is 0 Å². The molecule has 0 radical (unpaired) electrons. The van der Waals surface area contributed by atoms with E-state index in [-0.39, 0.29) is 0 Å². The molecule has 1 aromatic carbocycles. The quantitative estimate of drug-likeness (QED) is 0.941. The Morgan fingerprint density at radius 1 is 1.50 bits per heavy atom. The average molecular weight is 298 g/mol. The van der Waals surface area contributed by atoms with Crippen LogP contribution in [0.15, 0.2) is 34.4 Å². The third kappa shape index (κ3) is 2.70. The molecule has 0 spiro atoms. The number of aliphatic hydroxyl groups is 1. The highest BCUT2D eigenvalue weighted by Crippen LogP contribution is 2.24. The molecule has 2 nitrogen and oxygen atoms in total. The lowest BCUT2D eigenvalue weighted by Gasteiger charge is -2.10. The van der Waals surface area contributed by atoms with Crippen LogP contribution in [-0.2, 0) is 6.42 Å². The van der Waals surface area contributed by atoms with Crippen LogP contribution in [0.25, 0.3) is 0 Å². The number of thiazole rings is 1. The van der Waals surface area contributed by atoms with E-state index < -0.39 is 6.10 Å². The van der Waals surface area contributed by atoms with Crippen LogP contribution in [0.4, 0.5) is 0 Å². The zero-order valence-electron chi connectivity index (χ0n) is 8.85. The molecule has 0 aliphatic rings. The van der Waals surface area contributed by atoms with Gasteiger partial charge in [-0.05, 0) is 24.1 Å². The van der Waals surface area contributed by atoms with Crippen LogP contribution in [-0.4, -0.2) is 10.1 Å². The summed E-state index contributed by atoms with van der Waals surface area (Å²) in [6.45, 7) is 2.03. The predicted molar refractivity (Wildman–Crippen MR) is 69.7 cm³/mol. The highest BCUT2D eigenvalue weighted by atomic mass is 79.9. The summed E-state index contributed by atoms with van der Waals surface area (Å²) >= 11 is 5.04. The number of halogens is 1. The summed E-state index contributed by atoms with van der Waals surface area (Å²) in [5.41, 5.74) is 3.90. The van der Waals surface area contributed by atoms with E-state index in [0.29, 0.717) is 6.42 Å². The standard InChI is InChI=1S/C12H12BrNOS/c1-8-2-3-9(4-11(8)13)12(15)5-10-6-14-7-16-10/h2-4,6-7,12,15H,5H2,1H3. The molecule has 0 saturated heterocycles. The topological polar surface area (TPSA) is 33.1 Å². The number of aliphatic hydroxyl groups excluding tert-OH is 1. The van der Waals surface area contributed by atoms with E-state index in [1.54, 1.807) is 23.0 Å². The molecule has 1 atom stereocenters. The van der Waals surface area contributed by atoms with E-state index in [9.17, 15) is 5.11 Å². The second-order valence-electron chi connectivity index (χ2n) is 3.70. The fourth-order valence-corrected chi connectivity index (χ4v) is 2.50. The van der Waals surface area contributed by atoms with E-state index in [1.165, 1.54) is 5.56 Å². The van der Waals surface area contributed by atoms with Crippen molar-refractivity contribution in [2.45, 2.75) is 19.4 Å². The smallest absolute Gasteiger partial charge is 0.0839 e. The molecule has 0 amide bonds. The summed E-state index contributed by atoms with van der Waals surface area (Å²) in [6, 6.07) is 5.95. The summed E-state index contributed by atoms with van der Waals surface area (Å²) in [5, 5.41) is 10.1. The summed E-state index contributed by atoms with van der Waals surface area (Å²) in [4.78, 5) is 5.10. The van der Waals surface area contributed by atoms with Crippen molar-refractivity contribution < 1.29 is 5.11 Å². The Morgan fingerprint density at radius 3 is 2.94 bits per heavy atom. The maximum Gasteiger partial charge on any atom is 0.0839 e. The summed E-state index contributed by atoms with van der Waals surface area (Å²) in [5.74, 6) is 0. The third-order valence-electron chi connectivity index (χ3n) is 2.46. The molecule has 2 rings (SSSR count). The fourth-order valence-electron chi connectivity index (χ4n) is 1.47. The lowest BCUT2D eigenvalue weighted by atomic mass is 10.0. The van der Waals surface area contributed by atoms with Crippen molar-refractivity contribution in [1.29, 1.82) is 0 Å². The number of aromatic nitrogens is 1. The largest absolute Gasteiger partial charge is 0.388 e. The maximum absolute atomic E-state index is 10.1. The van der Waals surface area contributed by atoms with Crippen molar-refractivity contribution in [3.63, 3.8) is 0 Å². The lowest BCUT2D eigenvalue weighted by molar-refractivity contribution is 0.179. The van der Waals surface area contributed by atoms with Crippen LogP contribution in [0.5, 0.6) is 0 Å². The highest BCUT2D eigenvalue weighted by molar-refractivity contribution is 9.10. The molecule has 1 unspecified atom stereocenters. The molecule has 1 aromatic heterocycles. The van der Waals surface area contributed by atoms with Crippen molar-refractivity contribution >= 4 is 27.3 Å². The van der Waals surface area contributed by atoms with E-state index >= 15 is 0 Å². The lowest BCUT2D eigenvalue weighted by Crippen LogP contribution is -2.00. The van der Waals surface area contributed by atoms with Crippen LogP contribution in [0, 0.1) is 6.92 Å². The Morgan fingerprint density at radius 2 is 2.31 bits per heavy atom. The predicted octanol–water partition coefficient (Wildman–Crippen LogP) is 3.49. The van der Waals surface area contributed by atoms with E-state index in [4.69, 9.17) is 0 Å². The van der Waals surface area contributed by atoms with Gasteiger partial charge in [0.05, 0.1) is 11.6 Å². The number of nitrogens with zero attached hydrogens (tertiary/aromatic N) is 1. The molecule has 0 bridgehead atoms. The van der Waals surface area contributed by atoms with Crippen molar-refractivity contribution in [3.8, 4) is 0 Å². The number of hydrogen-bond acceptors (Lipinski definition) is 3. The first-order valence-corrected chi connectivity index (χ1v) is 6.65. The molecule has 0 fully saturated rings. The summed E-state index contributed by atoms with van der Waals surface area (Å²) in [7, 11) is 0. The van der Waals surface area contributed by atoms with Crippen molar-refractivity contribution in [2.75, 3.05) is 0 Å². The minimum atomic E-state index is -0.461. The summed E-state index contributed by atoms with van der Waals surface area (Å²) in [6.07, 6.45) is 1.97. The Labute approximate surface area is 107 Å². The molecule has 84 valence electrons. The molecule has 2 aromatic rings. The first-order valence-electron chi connectivity index (χ1n) is 4.98. The van der Waals surface area contributed by atoms with Gasteiger partial charge in [-0.15, -0.1) is 11.3 Å². The zero-order chi connectivity index (χ0) is 11.5. The molecule has 0 saturated carbocycles.